The number of carbonyl (C=O) groups excluding carboxylic acids is 1. The van der Waals surface area contributed by atoms with Gasteiger partial charge < -0.3 is 0 Å². The summed E-state index contributed by atoms with van der Waals surface area (Å²) in [5.41, 5.74) is 4.42. The van der Waals surface area contributed by atoms with Gasteiger partial charge in [0.15, 0.2) is 0 Å². The number of rotatable bonds is 3. The average Bonchev–Trinajstić information content (AvgIpc) is 2.46. The quantitative estimate of drug-likeness (QED) is 0.655. The van der Waals surface area contributed by atoms with E-state index in [1.54, 1.807) is 36.8 Å². The maximum Gasteiger partial charge on any atom is 0.289 e. The van der Waals surface area contributed by atoms with Crippen molar-refractivity contribution >= 4 is 11.6 Å². The molecule has 2 heterocycles. The van der Waals surface area contributed by atoms with Crippen LogP contribution in [-0.4, -0.2) is 21.6 Å². The van der Waals surface area contributed by atoms with Gasteiger partial charge in [-0.05, 0) is 31.2 Å². The zero-order valence-corrected chi connectivity index (χ0v) is 9.87. The van der Waals surface area contributed by atoms with Crippen LogP contribution in [0.25, 0.3) is 0 Å². The third kappa shape index (κ3) is 2.98. The fourth-order valence-corrected chi connectivity index (χ4v) is 1.35. The molecule has 0 aliphatic carbocycles. The summed E-state index contributed by atoms with van der Waals surface area (Å²) in [5.74, 6) is -0.330. The van der Waals surface area contributed by atoms with Gasteiger partial charge in [0, 0.05) is 24.2 Å². The number of pyridine rings is 2. The van der Waals surface area contributed by atoms with Crippen molar-refractivity contribution in [3.05, 3.63) is 60.2 Å². The number of hydrogen-bond acceptors (Lipinski definition) is 4. The first kappa shape index (κ1) is 11.9. The van der Waals surface area contributed by atoms with Gasteiger partial charge in [0.05, 0.1) is 5.71 Å². The van der Waals surface area contributed by atoms with Crippen molar-refractivity contribution < 1.29 is 4.79 Å². The molecule has 0 atom stereocenters. The summed E-state index contributed by atoms with van der Waals surface area (Å²) in [6.45, 7) is 1.81. The minimum absolute atomic E-state index is 0.330. The second-order valence-electron chi connectivity index (χ2n) is 3.59. The van der Waals surface area contributed by atoms with Gasteiger partial charge in [0.1, 0.15) is 5.69 Å². The largest absolute Gasteiger partial charge is 0.289 e. The Labute approximate surface area is 105 Å². The van der Waals surface area contributed by atoms with E-state index in [0.29, 0.717) is 11.4 Å². The SMILES string of the molecule is CC(=NNC(=O)c1ccccn1)c1ccncc1. The molecule has 1 N–H and O–H groups in total. The van der Waals surface area contributed by atoms with Crippen LogP contribution in [-0.2, 0) is 0 Å². The van der Waals surface area contributed by atoms with Gasteiger partial charge in [-0.25, -0.2) is 5.43 Å². The van der Waals surface area contributed by atoms with E-state index < -0.39 is 0 Å². The highest BCUT2D eigenvalue weighted by molar-refractivity contribution is 6.00. The Kier molecular flexibility index (Phi) is 3.76. The van der Waals surface area contributed by atoms with E-state index in [1.165, 1.54) is 0 Å². The second-order valence-corrected chi connectivity index (χ2v) is 3.59. The van der Waals surface area contributed by atoms with Crippen LogP contribution < -0.4 is 5.43 Å². The van der Waals surface area contributed by atoms with Crippen LogP contribution in [0.4, 0.5) is 0 Å². The van der Waals surface area contributed by atoms with Gasteiger partial charge in [-0.3, -0.25) is 14.8 Å². The molecule has 2 aromatic heterocycles. The molecule has 0 unspecified atom stereocenters. The lowest BCUT2D eigenvalue weighted by Crippen LogP contribution is -2.20. The smallest absolute Gasteiger partial charge is 0.266 e. The number of carbonyl (C=O) groups is 1. The predicted molar refractivity (Wildman–Crippen MR) is 68.2 cm³/mol. The summed E-state index contributed by atoms with van der Waals surface area (Å²) >= 11 is 0. The molecule has 0 saturated carbocycles. The molecular formula is C13H12N4O. The molecule has 18 heavy (non-hydrogen) atoms. The van der Waals surface area contributed by atoms with Gasteiger partial charge in [-0.1, -0.05) is 6.07 Å². The number of hydrazone groups is 1. The molecular weight excluding hydrogens is 228 g/mol. The Balaban J connectivity index is 2.05. The number of hydrogen-bond donors (Lipinski definition) is 1. The van der Waals surface area contributed by atoms with Crippen molar-refractivity contribution in [2.45, 2.75) is 6.92 Å². The molecule has 0 radical (unpaired) electrons. The van der Waals surface area contributed by atoms with Crippen LogP contribution in [0.1, 0.15) is 23.0 Å². The van der Waals surface area contributed by atoms with Crippen molar-refractivity contribution in [1.82, 2.24) is 15.4 Å². The minimum Gasteiger partial charge on any atom is -0.266 e. The molecule has 90 valence electrons. The summed E-state index contributed by atoms with van der Waals surface area (Å²) < 4.78 is 0. The monoisotopic (exact) mass is 240 g/mol. The molecule has 5 heteroatoms. The van der Waals surface area contributed by atoms with Crippen LogP contribution in [0.3, 0.4) is 0 Å². The standard InChI is InChI=1S/C13H12N4O/c1-10(11-5-8-14-9-6-11)16-17-13(18)12-4-2-3-7-15-12/h2-9H,1H3,(H,17,18). The third-order valence-corrected chi connectivity index (χ3v) is 2.32. The average molecular weight is 240 g/mol. The number of nitrogens with zero attached hydrogens (tertiary/aromatic N) is 3. The van der Waals surface area contributed by atoms with E-state index in [9.17, 15) is 4.79 Å². The van der Waals surface area contributed by atoms with Gasteiger partial charge in [0.2, 0.25) is 0 Å². The molecule has 0 bridgehead atoms. The second kappa shape index (κ2) is 5.67. The summed E-state index contributed by atoms with van der Waals surface area (Å²) in [6.07, 6.45) is 4.91. The Morgan fingerprint density at radius 2 is 1.94 bits per heavy atom. The van der Waals surface area contributed by atoms with Gasteiger partial charge in [0.25, 0.3) is 5.91 Å². The first-order valence-electron chi connectivity index (χ1n) is 5.43. The van der Waals surface area contributed by atoms with E-state index in [2.05, 4.69) is 20.5 Å². The molecule has 0 saturated heterocycles. The van der Waals surface area contributed by atoms with Gasteiger partial charge in [-0.2, -0.15) is 5.10 Å². The molecule has 0 aromatic carbocycles. The van der Waals surface area contributed by atoms with E-state index in [-0.39, 0.29) is 5.91 Å². The first-order chi connectivity index (χ1) is 8.77. The van der Waals surface area contributed by atoms with Crippen LogP contribution in [0.5, 0.6) is 0 Å². The Morgan fingerprint density at radius 3 is 2.61 bits per heavy atom. The van der Waals surface area contributed by atoms with Crippen LogP contribution >= 0.6 is 0 Å². The number of nitrogens with one attached hydrogen (secondary N) is 1. The zero-order valence-electron chi connectivity index (χ0n) is 9.87. The van der Waals surface area contributed by atoms with Crippen LogP contribution in [0.15, 0.2) is 54.0 Å². The lowest BCUT2D eigenvalue weighted by molar-refractivity contribution is 0.0950. The summed E-state index contributed by atoms with van der Waals surface area (Å²) in [4.78, 5) is 19.5. The van der Waals surface area contributed by atoms with E-state index in [0.717, 1.165) is 5.56 Å². The molecule has 0 aliphatic rings. The van der Waals surface area contributed by atoms with E-state index in [1.807, 2.05) is 19.1 Å². The zero-order chi connectivity index (χ0) is 12.8. The van der Waals surface area contributed by atoms with Crippen LogP contribution in [0.2, 0.25) is 0 Å². The lowest BCUT2D eigenvalue weighted by Gasteiger charge is -2.01. The molecule has 2 rings (SSSR count). The topological polar surface area (TPSA) is 67.2 Å². The first-order valence-corrected chi connectivity index (χ1v) is 5.43. The minimum atomic E-state index is -0.330. The summed E-state index contributed by atoms with van der Waals surface area (Å²) in [7, 11) is 0. The maximum absolute atomic E-state index is 11.7. The highest BCUT2D eigenvalue weighted by atomic mass is 16.2. The van der Waals surface area contributed by atoms with Gasteiger partial charge >= 0.3 is 0 Å². The maximum atomic E-state index is 11.7. The summed E-state index contributed by atoms with van der Waals surface area (Å²) in [6, 6.07) is 8.79. The van der Waals surface area contributed by atoms with Crippen molar-refractivity contribution in [1.29, 1.82) is 0 Å². The van der Waals surface area contributed by atoms with E-state index in [4.69, 9.17) is 0 Å². The fraction of sp³-hybridized carbons (Fsp3) is 0.0769. The molecule has 0 fully saturated rings. The van der Waals surface area contributed by atoms with Crippen molar-refractivity contribution in [3.8, 4) is 0 Å². The molecule has 1 amide bonds. The molecule has 2 aromatic rings. The predicted octanol–water partition coefficient (Wildman–Crippen LogP) is 1.63. The lowest BCUT2D eigenvalue weighted by atomic mass is 10.2. The Morgan fingerprint density at radius 1 is 1.17 bits per heavy atom. The fourth-order valence-electron chi connectivity index (χ4n) is 1.35. The van der Waals surface area contributed by atoms with Gasteiger partial charge in [-0.15, -0.1) is 0 Å². The highest BCUT2D eigenvalue weighted by Gasteiger charge is 2.04. The Bertz CT molecular complexity index is 552. The normalized spacial score (nSPS) is 11.1. The molecule has 5 nitrogen and oxygen atoms in total. The third-order valence-electron chi connectivity index (χ3n) is 2.32. The molecule has 0 spiro atoms. The molecule has 0 aliphatic heterocycles. The number of aromatic nitrogens is 2. The van der Waals surface area contributed by atoms with Crippen LogP contribution in [0, 0.1) is 0 Å². The van der Waals surface area contributed by atoms with Crippen molar-refractivity contribution in [3.63, 3.8) is 0 Å². The van der Waals surface area contributed by atoms with Crippen molar-refractivity contribution in [2.24, 2.45) is 5.10 Å². The highest BCUT2D eigenvalue weighted by Crippen LogP contribution is 1.98. The Hall–Kier alpha value is -2.56. The number of amides is 1. The summed E-state index contributed by atoms with van der Waals surface area (Å²) in [5, 5.41) is 4.02. The van der Waals surface area contributed by atoms with Crippen molar-refractivity contribution in [2.75, 3.05) is 0 Å². The van der Waals surface area contributed by atoms with E-state index >= 15 is 0 Å².